The highest BCUT2D eigenvalue weighted by Gasteiger charge is 2.60. The van der Waals surface area contributed by atoms with Crippen molar-refractivity contribution in [2.45, 2.75) is 75.8 Å². The summed E-state index contributed by atoms with van der Waals surface area (Å²) in [6, 6.07) is 0. The lowest BCUT2D eigenvalue weighted by atomic mass is 9.48. The van der Waals surface area contributed by atoms with Crippen molar-refractivity contribution in [1.82, 2.24) is 0 Å². The van der Waals surface area contributed by atoms with E-state index in [-0.39, 0.29) is 22.5 Å². The lowest BCUT2D eigenvalue weighted by Gasteiger charge is -2.57. The number of aliphatic hydroxyl groups excluding tert-OH is 2. The minimum Gasteiger partial charge on any atom is -0.393 e. The van der Waals surface area contributed by atoms with Crippen LogP contribution in [0.4, 0.5) is 0 Å². The van der Waals surface area contributed by atoms with E-state index in [1.165, 1.54) is 12.0 Å². The van der Waals surface area contributed by atoms with Crippen molar-refractivity contribution in [2.24, 2.45) is 28.6 Å². The van der Waals surface area contributed by atoms with E-state index in [0.29, 0.717) is 11.3 Å². The molecule has 0 aromatic rings. The third-order valence-electron chi connectivity index (χ3n) is 8.01. The SMILES string of the molecule is C[C@]12CC[C@H]3[C@@H](CC=C4C[C@@H](O)CC[C@@]43C)[C@@H]1C[C@@H](Br)[C@@H]2O. The fourth-order valence-corrected chi connectivity index (χ4v) is 7.59. The summed E-state index contributed by atoms with van der Waals surface area (Å²) in [6.45, 7) is 4.78. The van der Waals surface area contributed by atoms with Crippen molar-refractivity contribution >= 4 is 15.9 Å². The second kappa shape index (κ2) is 5.07. The molecule has 0 heterocycles. The predicted molar refractivity (Wildman–Crippen MR) is 91.8 cm³/mol. The Morgan fingerprint density at radius 1 is 1.14 bits per heavy atom. The van der Waals surface area contributed by atoms with Crippen molar-refractivity contribution in [3.63, 3.8) is 0 Å². The van der Waals surface area contributed by atoms with E-state index >= 15 is 0 Å². The van der Waals surface area contributed by atoms with Gasteiger partial charge in [-0.1, -0.05) is 41.4 Å². The number of fused-ring (bicyclic) bond motifs is 5. The number of halogens is 1. The molecule has 0 radical (unpaired) electrons. The van der Waals surface area contributed by atoms with Crippen LogP contribution in [-0.2, 0) is 0 Å². The summed E-state index contributed by atoms with van der Waals surface area (Å²) in [7, 11) is 0. The average Bonchev–Trinajstić information content (AvgIpc) is 2.72. The van der Waals surface area contributed by atoms with E-state index in [1.807, 2.05) is 0 Å². The molecule has 0 aromatic heterocycles. The van der Waals surface area contributed by atoms with Crippen LogP contribution < -0.4 is 0 Å². The molecule has 3 heteroatoms. The lowest BCUT2D eigenvalue weighted by Crippen LogP contribution is -2.51. The highest BCUT2D eigenvalue weighted by atomic mass is 79.9. The maximum absolute atomic E-state index is 10.7. The zero-order chi connectivity index (χ0) is 15.7. The van der Waals surface area contributed by atoms with Crippen LogP contribution in [0.25, 0.3) is 0 Å². The van der Waals surface area contributed by atoms with Gasteiger partial charge in [0.2, 0.25) is 0 Å². The summed E-state index contributed by atoms with van der Waals surface area (Å²) < 4.78 is 0. The molecule has 0 unspecified atom stereocenters. The lowest BCUT2D eigenvalue weighted by molar-refractivity contribution is -0.0706. The van der Waals surface area contributed by atoms with Gasteiger partial charge in [0.1, 0.15) is 0 Å². The van der Waals surface area contributed by atoms with Crippen LogP contribution in [0.15, 0.2) is 11.6 Å². The summed E-state index contributed by atoms with van der Waals surface area (Å²) in [5, 5.41) is 20.7. The topological polar surface area (TPSA) is 40.5 Å². The molecule has 22 heavy (non-hydrogen) atoms. The maximum Gasteiger partial charge on any atom is 0.0721 e. The minimum absolute atomic E-state index is 0.102. The van der Waals surface area contributed by atoms with Gasteiger partial charge in [-0.25, -0.2) is 0 Å². The van der Waals surface area contributed by atoms with Gasteiger partial charge in [0.05, 0.1) is 12.2 Å². The molecule has 0 amide bonds. The summed E-state index contributed by atoms with van der Waals surface area (Å²) in [5.74, 6) is 2.12. The fraction of sp³-hybridized carbons (Fsp3) is 0.895. The zero-order valence-electron chi connectivity index (χ0n) is 13.8. The van der Waals surface area contributed by atoms with Crippen molar-refractivity contribution in [2.75, 3.05) is 0 Å². The van der Waals surface area contributed by atoms with Gasteiger partial charge in [-0.2, -0.15) is 0 Å². The molecule has 4 rings (SSSR count). The first-order valence-corrected chi connectivity index (χ1v) is 9.97. The van der Waals surface area contributed by atoms with Crippen LogP contribution >= 0.6 is 15.9 Å². The smallest absolute Gasteiger partial charge is 0.0721 e. The van der Waals surface area contributed by atoms with Gasteiger partial charge in [-0.15, -0.1) is 0 Å². The third kappa shape index (κ3) is 1.97. The van der Waals surface area contributed by atoms with E-state index < -0.39 is 0 Å². The van der Waals surface area contributed by atoms with Gasteiger partial charge >= 0.3 is 0 Å². The summed E-state index contributed by atoms with van der Waals surface area (Å²) in [4.78, 5) is 0.271. The maximum atomic E-state index is 10.7. The first-order valence-electron chi connectivity index (χ1n) is 9.06. The van der Waals surface area contributed by atoms with Gasteiger partial charge in [0.25, 0.3) is 0 Å². The summed E-state index contributed by atoms with van der Waals surface area (Å²) >= 11 is 3.74. The Kier molecular flexibility index (Phi) is 3.61. The third-order valence-corrected chi connectivity index (χ3v) is 8.89. The molecule has 0 aliphatic heterocycles. The van der Waals surface area contributed by atoms with E-state index in [1.54, 1.807) is 0 Å². The predicted octanol–water partition coefficient (Wildman–Crippen LogP) is 4.04. The summed E-state index contributed by atoms with van der Waals surface area (Å²) in [6.07, 6.45) is 9.85. The Labute approximate surface area is 142 Å². The molecule has 3 fully saturated rings. The quantitative estimate of drug-likeness (QED) is 0.500. The second-order valence-electron chi connectivity index (χ2n) is 8.90. The van der Waals surface area contributed by atoms with Crippen molar-refractivity contribution in [3.05, 3.63) is 11.6 Å². The largest absolute Gasteiger partial charge is 0.393 e. The Morgan fingerprint density at radius 3 is 2.68 bits per heavy atom. The number of aliphatic hydroxyl groups is 2. The molecule has 0 bridgehead atoms. The van der Waals surface area contributed by atoms with E-state index in [4.69, 9.17) is 0 Å². The molecule has 4 aliphatic rings. The minimum atomic E-state index is -0.190. The van der Waals surface area contributed by atoms with E-state index in [9.17, 15) is 10.2 Å². The Hall–Kier alpha value is 0.140. The molecular weight excluding hydrogens is 340 g/mol. The molecule has 4 aliphatic carbocycles. The zero-order valence-corrected chi connectivity index (χ0v) is 15.3. The fourth-order valence-electron chi connectivity index (χ4n) is 6.59. The molecule has 8 atom stereocenters. The van der Waals surface area contributed by atoms with Crippen molar-refractivity contribution < 1.29 is 10.2 Å². The van der Waals surface area contributed by atoms with Crippen LogP contribution in [0.2, 0.25) is 0 Å². The molecule has 3 saturated carbocycles. The molecular formula is C19H29BrO2. The molecule has 0 aromatic carbocycles. The second-order valence-corrected chi connectivity index (χ2v) is 10.1. The first-order chi connectivity index (χ1) is 10.4. The van der Waals surface area contributed by atoms with Gasteiger partial charge in [0, 0.05) is 4.83 Å². The standard InChI is InChI=1S/C19H29BrO2/c1-18-7-5-12(21)9-11(18)3-4-13-14(18)6-8-19(2)15(13)10-16(20)17(19)22/h3,12-17,21-22H,4-10H2,1-2H3/t12-,13+,14-,15-,16+,17-,18-,19-/m0/s1. The highest BCUT2D eigenvalue weighted by molar-refractivity contribution is 9.09. The van der Waals surface area contributed by atoms with Crippen LogP contribution in [-0.4, -0.2) is 27.2 Å². The molecule has 2 nitrogen and oxygen atoms in total. The van der Waals surface area contributed by atoms with Gasteiger partial charge < -0.3 is 10.2 Å². The number of hydrogen-bond donors (Lipinski definition) is 2. The Morgan fingerprint density at radius 2 is 1.91 bits per heavy atom. The molecule has 2 N–H and O–H groups in total. The highest BCUT2D eigenvalue weighted by Crippen LogP contribution is 2.65. The van der Waals surface area contributed by atoms with Crippen LogP contribution in [0, 0.1) is 28.6 Å². The number of rotatable bonds is 0. The van der Waals surface area contributed by atoms with Crippen molar-refractivity contribution in [3.8, 4) is 0 Å². The monoisotopic (exact) mass is 368 g/mol. The van der Waals surface area contributed by atoms with Crippen molar-refractivity contribution in [1.29, 1.82) is 0 Å². The van der Waals surface area contributed by atoms with Crippen LogP contribution in [0.5, 0.6) is 0 Å². The Bertz CT molecular complexity index is 504. The first kappa shape index (κ1) is 15.7. The van der Waals surface area contributed by atoms with Gasteiger partial charge in [-0.3, -0.25) is 0 Å². The summed E-state index contributed by atoms with van der Waals surface area (Å²) in [5.41, 5.74) is 1.94. The average molecular weight is 369 g/mol. The number of alkyl halides is 1. The number of allylic oxidation sites excluding steroid dienone is 1. The van der Waals surface area contributed by atoms with Crippen LogP contribution in [0.3, 0.4) is 0 Å². The van der Waals surface area contributed by atoms with Gasteiger partial charge in [0.15, 0.2) is 0 Å². The van der Waals surface area contributed by atoms with E-state index in [2.05, 4.69) is 35.9 Å². The molecule has 0 spiro atoms. The van der Waals surface area contributed by atoms with Gasteiger partial charge in [-0.05, 0) is 73.5 Å². The normalized spacial score (nSPS) is 57.6. The number of hydrogen-bond acceptors (Lipinski definition) is 2. The Balaban J connectivity index is 1.68. The molecule has 124 valence electrons. The van der Waals surface area contributed by atoms with Crippen LogP contribution in [0.1, 0.15) is 58.8 Å². The molecule has 0 saturated heterocycles. The van der Waals surface area contributed by atoms with E-state index in [0.717, 1.165) is 50.4 Å².